The van der Waals surface area contributed by atoms with E-state index in [-0.39, 0.29) is 16.7 Å². The van der Waals surface area contributed by atoms with Crippen LogP contribution in [0.15, 0.2) is 48.8 Å². The molecule has 2 aromatic heterocycles. The van der Waals surface area contributed by atoms with E-state index in [0.29, 0.717) is 0 Å². The molecule has 76 valence electrons. The zero-order valence-corrected chi connectivity index (χ0v) is 13.8. The largest absolute Gasteiger partial charge is 0.255 e. The van der Waals surface area contributed by atoms with Crippen molar-refractivity contribution in [2.45, 2.75) is 0 Å². The third-order valence-electron chi connectivity index (χ3n) is 1.59. The average molecular weight is 435 g/mol. The van der Waals surface area contributed by atoms with Crippen molar-refractivity contribution in [3.8, 4) is 11.4 Å². The molecule has 0 aromatic carbocycles. The number of hydrogen-bond donors (Lipinski definition) is 0. The van der Waals surface area contributed by atoms with Gasteiger partial charge in [-0.15, -0.1) is 0 Å². The number of hydrogen-bond acceptors (Lipinski definition) is 2. The van der Waals surface area contributed by atoms with Gasteiger partial charge in [-0.3, -0.25) is 9.97 Å². The third kappa shape index (κ3) is 5.08. The maximum atomic E-state index is 4.19. The van der Waals surface area contributed by atoms with Crippen LogP contribution in [0, 0.1) is 0 Å². The van der Waals surface area contributed by atoms with Crippen molar-refractivity contribution < 1.29 is 0 Å². The van der Waals surface area contributed by atoms with E-state index in [1.807, 2.05) is 36.4 Å². The first-order valence-corrected chi connectivity index (χ1v) is 17.0. The molecule has 0 atom stereocenters. The van der Waals surface area contributed by atoms with Crippen LogP contribution in [0.2, 0.25) is 0 Å². The molecule has 0 aliphatic heterocycles. The van der Waals surface area contributed by atoms with E-state index in [4.69, 9.17) is 0 Å². The second-order valence-corrected chi connectivity index (χ2v) is 15.4. The summed E-state index contributed by atoms with van der Waals surface area (Å²) in [7, 11) is 0. The topological polar surface area (TPSA) is 25.8 Å². The molecular formula is C10H8Br2N2Sn. The maximum absolute atomic E-state index is 4.19. The summed E-state index contributed by atoms with van der Waals surface area (Å²) in [5, 5.41) is 0. The van der Waals surface area contributed by atoms with Gasteiger partial charge in [0.05, 0.1) is 11.4 Å². The Bertz CT molecular complexity index is 332. The molecule has 0 unspecified atom stereocenters. The molecule has 2 nitrogen and oxygen atoms in total. The van der Waals surface area contributed by atoms with Gasteiger partial charge in [0, 0.05) is 12.4 Å². The van der Waals surface area contributed by atoms with Gasteiger partial charge in [-0.2, -0.15) is 0 Å². The van der Waals surface area contributed by atoms with Crippen molar-refractivity contribution in [2.75, 3.05) is 0 Å². The fraction of sp³-hybridized carbons (Fsp3) is 0. The number of rotatable bonds is 1. The predicted molar refractivity (Wildman–Crippen MR) is 71.1 cm³/mol. The molecule has 0 N–H and O–H groups in total. The Morgan fingerprint density at radius 2 is 1.20 bits per heavy atom. The number of halogens is 2. The predicted octanol–water partition coefficient (Wildman–Crippen LogP) is 3.45. The summed E-state index contributed by atoms with van der Waals surface area (Å²) in [6.45, 7) is 0. The van der Waals surface area contributed by atoms with Crippen molar-refractivity contribution in [3.63, 3.8) is 0 Å². The SMILES string of the molecule is [Br][Sn][Br].c1ccc(-c2ccccn2)nc1. The van der Waals surface area contributed by atoms with Crippen LogP contribution < -0.4 is 0 Å². The Morgan fingerprint density at radius 1 is 0.800 bits per heavy atom. The molecule has 2 heterocycles. The monoisotopic (exact) mass is 434 g/mol. The molecule has 0 aliphatic carbocycles. The van der Waals surface area contributed by atoms with Crippen LogP contribution in [0.3, 0.4) is 0 Å². The zero-order valence-electron chi connectivity index (χ0n) is 7.77. The Kier molecular flexibility index (Phi) is 7.21. The first-order valence-electron chi connectivity index (χ1n) is 4.17. The number of aromatic nitrogens is 2. The molecule has 0 saturated carbocycles. The van der Waals surface area contributed by atoms with Gasteiger partial charge in [0.1, 0.15) is 0 Å². The van der Waals surface area contributed by atoms with E-state index in [1.54, 1.807) is 12.4 Å². The van der Waals surface area contributed by atoms with Gasteiger partial charge in [-0.05, 0) is 24.3 Å². The van der Waals surface area contributed by atoms with Gasteiger partial charge >= 0.3 is 42.1 Å². The van der Waals surface area contributed by atoms with Crippen LogP contribution in [0.1, 0.15) is 0 Å². The summed E-state index contributed by atoms with van der Waals surface area (Å²) in [4.78, 5) is 8.37. The van der Waals surface area contributed by atoms with Crippen LogP contribution in [-0.4, -0.2) is 26.7 Å². The average Bonchev–Trinajstić information content (AvgIpc) is 2.32. The third-order valence-corrected chi connectivity index (χ3v) is 1.59. The first kappa shape index (κ1) is 13.1. The van der Waals surface area contributed by atoms with E-state index in [1.165, 1.54) is 0 Å². The van der Waals surface area contributed by atoms with E-state index >= 15 is 0 Å². The molecule has 5 heteroatoms. The standard InChI is InChI=1S/C10H8N2.2BrH.Sn/c1-3-7-11-9(5-1)10-6-2-4-8-12-10;;;/h1-8H;2*1H;/q;;;+2/p-2. The minimum Gasteiger partial charge on any atom is -0.255 e. The van der Waals surface area contributed by atoms with E-state index < -0.39 is 0 Å². The molecule has 0 aliphatic rings. The fourth-order valence-corrected chi connectivity index (χ4v) is 1.03. The van der Waals surface area contributed by atoms with Crippen molar-refractivity contribution in [1.29, 1.82) is 0 Å². The van der Waals surface area contributed by atoms with E-state index in [2.05, 4.69) is 35.4 Å². The number of pyridine rings is 2. The van der Waals surface area contributed by atoms with Crippen molar-refractivity contribution in [2.24, 2.45) is 0 Å². The van der Waals surface area contributed by atoms with Crippen LogP contribution >= 0.6 is 25.4 Å². The molecule has 0 spiro atoms. The molecule has 0 bridgehead atoms. The minimum absolute atomic E-state index is 0.145. The molecule has 15 heavy (non-hydrogen) atoms. The fourth-order valence-electron chi connectivity index (χ4n) is 1.03. The Balaban J connectivity index is 0.000000337. The Hall–Kier alpha value is 0.0587. The molecule has 0 fully saturated rings. The zero-order chi connectivity index (χ0) is 10.9. The van der Waals surface area contributed by atoms with Crippen molar-refractivity contribution >= 4 is 42.1 Å². The second-order valence-electron chi connectivity index (χ2n) is 2.50. The number of nitrogens with zero attached hydrogens (tertiary/aromatic N) is 2. The van der Waals surface area contributed by atoms with Crippen molar-refractivity contribution in [1.82, 2.24) is 9.97 Å². The molecule has 0 amide bonds. The summed E-state index contributed by atoms with van der Waals surface area (Å²) in [6.07, 6.45) is 3.54. The van der Waals surface area contributed by atoms with Crippen LogP contribution in [0.25, 0.3) is 11.4 Å². The summed E-state index contributed by atoms with van der Waals surface area (Å²) in [5.41, 5.74) is 1.83. The van der Waals surface area contributed by atoms with E-state index in [0.717, 1.165) is 11.4 Å². The quantitative estimate of drug-likeness (QED) is 0.643. The normalized spacial score (nSPS) is 8.93. The van der Waals surface area contributed by atoms with Gasteiger partial charge in [-0.25, -0.2) is 0 Å². The summed E-state index contributed by atoms with van der Waals surface area (Å²) in [6, 6.07) is 11.6. The summed E-state index contributed by atoms with van der Waals surface area (Å²) < 4.78 is 0. The molecule has 2 aromatic rings. The first-order chi connectivity index (χ1) is 7.38. The van der Waals surface area contributed by atoms with Gasteiger partial charge in [-0.1, -0.05) is 12.1 Å². The van der Waals surface area contributed by atoms with Crippen LogP contribution in [0.4, 0.5) is 0 Å². The maximum Gasteiger partial charge on any atom is 0.0886 e. The van der Waals surface area contributed by atoms with Gasteiger partial charge in [0.25, 0.3) is 0 Å². The second kappa shape index (κ2) is 8.24. The smallest absolute Gasteiger partial charge is 0.0886 e. The summed E-state index contributed by atoms with van der Waals surface area (Å²) >= 11 is 6.32. The van der Waals surface area contributed by atoms with Crippen molar-refractivity contribution in [3.05, 3.63) is 48.8 Å². The Morgan fingerprint density at radius 3 is 1.47 bits per heavy atom. The molecule has 2 radical (unpaired) electrons. The van der Waals surface area contributed by atoms with Gasteiger partial charge in [0.15, 0.2) is 0 Å². The minimum atomic E-state index is -0.145. The molecule has 2 rings (SSSR count). The Labute approximate surface area is 111 Å². The van der Waals surface area contributed by atoms with Gasteiger partial charge in [0.2, 0.25) is 0 Å². The molecular weight excluding hydrogens is 427 g/mol. The van der Waals surface area contributed by atoms with Crippen LogP contribution in [0.5, 0.6) is 0 Å². The van der Waals surface area contributed by atoms with E-state index in [9.17, 15) is 0 Å². The van der Waals surface area contributed by atoms with Crippen LogP contribution in [-0.2, 0) is 0 Å². The summed E-state index contributed by atoms with van der Waals surface area (Å²) in [5.74, 6) is 0. The van der Waals surface area contributed by atoms with Gasteiger partial charge < -0.3 is 0 Å². The molecule has 0 saturated heterocycles.